The molecule has 0 aromatic carbocycles. The second kappa shape index (κ2) is 8.29. The standard InChI is InChI=1S/C19H21N7O2S.ClH/c1-12-15-16(26-9-10-28-19(26)27)22-17(18-21-13(2)23-29-18)25(15)8-7-24(12)11-14-3-5-20-6-4-14;/h3-6,12H,7-11H2,1-2H3;1H/t12-;/m1./s1. The molecule has 1 amide bonds. The molecule has 0 bridgehead atoms. The maximum Gasteiger partial charge on any atom is 0.415 e. The smallest absolute Gasteiger partial charge is 0.415 e. The third-order valence-corrected chi connectivity index (χ3v) is 6.21. The predicted octanol–water partition coefficient (Wildman–Crippen LogP) is 3.06. The van der Waals surface area contributed by atoms with Gasteiger partial charge in [0.1, 0.15) is 12.4 Å². The summed E-state index contributed by atoms with van der Waals surface area (Å²) in [4.78, 5) is 29.8. The summed E-state index contributed by atoms with van der Waals surface area (Å²) in [5.41, 5.74) is 2.23. The van der Waals surface area contributed by atoms with Gasteiger partial charge in [0.15, 0.2) is 16.6 Å². The van der Waals surface area contributed by atoms with Crippen molar-refractivity contribution in [3.05, 3.63) is 41.6 Å². The SMILES string of the molecule is Cc1nsc(-c2nc(N3CCOC3=O)c3n2CCN(Cc2ccncc2)[C@@H]3C)n1.Cl. The van der Waals surface area contributed by atoms with Crippen molar-refractivity contribution in [1.29, 1.82) is 0 Å². The van der Waals surface area contributed by atoms with E-state index >= 15 is 0 Å². The number of ether oxygens (including phenoxy) is 1. The molecule has 0 N–H and O–H groups in total. The molecule has 0 spiro atoms. The van der Waals surface area contributed by atoms with Gasteiger partial charge in [0.2, 0.25) is 0 Å². The molecule has 1 fully saturated rings. The Kier molecular flexibility index (Phi) is 5.72. The lowest BCUT2D eigenvalue weighted by Gasteiger charge is -2.35. The van der Waals surface area contributed by atoms with Crippen LogP contribution >= 0.6 is 23.9 Å². The van der Waals surface area contributed by atoms with Crippen LogP contribution in [-0.4, -0.2) is 54.6 Å². The van der Waals surface area contributed by atoms with Crippen molar-refractivity contribution in [3.8, 4) is 10.8 Å². The number of nitrogens with zero attached hydrogens (tertiary/aromatic N) is 7. The zero-order valence-corrected chi connectivity index (χ0v) is 18.3. The van der Waals surface area contributed by atoms with Crippen molar-refractivity contribution in [2.75, 3.05) is 24.6 Å². The molecule has 3 aromatic rings. The van der Waals surface area contributed by atoms with E-state index in [2.05, 4.69) is 30.7 Å². The summed E-state index contributed by atoms with van der Waals surface area (Å²) in [6.45, 7) is 7.38. The summed E-state index contributed by atoms with van der Waals surface area (Å²) in [7, 11) is 0. The highest BCUT2D eigenvalue weighted by Gasteiger charge is 2.37. The zero-order valence-electron chi connectivity index (χ0n) is 16.7. The highest BCUT2D eigenvalue weighted by atomic mass is 35.5. The molecule has 5 rings (SSSR count). The van der Waals surface area contributed by atoms with Crippen molar-refractivity contribution in [1.82, 2.24) is 28.8 Å². The van der Waals surface area contributed by atoms with E-state index in [1.165, 1.54) is 17.1 Å². The van der Waals surface area contributed by atoms with E-state index in [-0.39, 0.29) is 24.5 Å². The van der Waals surface area contributed by atoms with Crippen molar-refractivity contribution in [2.45, 2.75) is 33.0 Å². The Labute approximate surface area is 184 Å². The quantitative estimate of drug-likeness (QED) is 0.607. The second-order valence-corrected chi connectivity index (χ2v) is 7.96. The molecular weight excluding hydrogens is 426 g/mol. The number of carbonyl (C=O) groups excluding carboxylic acids is 1. The van der Waals surface area contributed by atoms with Gasteiger partial charge in [-0.3, -0.25) is 14.8 Å². The van der Waals surface area contributed by atoms with Crippen LogP contribution in [0.15, 0.2) is 24.5 Å². The van der Waals surface area contributed by atoms with Crippen LogP contribution in [0, 0.1) is 6.92 Å². The van der Waals surface area contributed by atoms with E-state index in [9.17, 15) is 4.79 Å². The van der Waals surface area contributed by atoms with E-state index < -0.39 is 0 Å². The van der Waals surface area contributed by atoms with E-state index in [0.29, 0.717) is 19.0 Å². The van der Waals surface area contributed by atoms with Crippen LogP contribution in [0.25, 0.3) is 10.8 Å². The van der Waals surface area contributed by atoms with Crippen LogP contribution in [0.1, 0.15) is 30.0 Å². The van der Waals surface area contributed by atoms with Crippen LogP contribution < -0.4 is 4.90 Å². The number of cyclic esters (lactones) is 1. The van der Waals surface area contributed by atoms with Gasteiger partial charge in [-0.05, 0) is 43.1 Å². The number of halogens is 1. The Hall–Kier alpha value is -2.56. The van der Waals surface area contributed by atoms with E-state index in [0.717, 1.165) is 42.0 Å². The topological polar surface area (TPSA) is 89.3 Å². The van der Waals surface area contributed by atoms with Gasteiger partial charge in [0.05, 0.1) is 18.3 Å². The van der Waals surface area contributed by atoms with Crippen LogP contribution in [0.2, 0.25) is 0 Å². The molecule has 2 aliphatic heterocycles. The minimum absolute atomic E-state index is 0. The van der Waals surface area contributed by atoms with Crippen molar-refractivity contribution in [2.24, 2.45) is 0 Å². The number of aryl methyl sites for hydroxylation is 1. The second-order valence-electron chi connectivity index (χ2n) is 7.21. The first-order chi connectivity index (χ1) is 14.1. The number of hydrogen-bond donors (Lipinski definition) is 0. The van der Waals surface area contributed by atoms with Gasteiger partial charge in [-0.1, -0.05) is 0 Å². The minimum atomic E-state index is -0.343. The normalized spacial score (nSPS) is 18.8. The van der Waals surface area contributed by atoms with Gasteiger partial charge in [0.25, 0.3) is 0 Å². The Balaban J connectivity index is 0.00000218. The monoisotopic (exact) mass is 447 g/mol. The van der Waals surface area contributed by atoms with E-state index in [1.54, 1.807) is 4.90 Å². The fourth-order valence-electron chi connectivity index (χ4n) is 3.96. The predicted molar refractivity (Wildman–Crippen MR) is 115 cm³/mol. The molecule has 5 heterocycles. The first-order valence-corrected chi connectivity index (χ1v) is 10.4. The molecule has 1 saturated heterocycles. The Morgan fingerprint density at radius 1 is 1.20 bits per heavy atom. The molecule has 0 radical (unpaired) electrons. The third-order valence-electron chi connectivity index (χ3n) is 5.41. The van der Waals surface area contributed by atoms with Gasteiger partial charge in [-0.15, -0.1) is 12.4 Å². The number of amides is 1. The lowest BCUT2D eigenvalue weighted by Crippen LogP contribution is -2.37. The summed E-state index contributed by atoms with van der Waals surface area (Å²) in [5, 5.41) is 0.775. The van der Waals surface area contributed by atoms with E-state index in [4.69, 9.17) is 9.72 Å². The number of imidazole rings is 1. The highest BCUT2D eigenvalue weighted by molar-refractivity contribution is 7.09. The van der Waals surface area contributed by atoms with Gasteiger partial charge in [-0.2, -0.15) is 4.37 Å². The maximum absolute atomic E-state index is 12.3. The zero-order chi connectivity index (χ0) is 20.0. The average molecular weight is 448 g/mol. The summed E-state index contributed by atoms with van der Waals surface area (Å²) in [5.74, 6) is 2.17. The first-order valence-electron chi connectivity index (χ1n) is 9.60. The largest absolute Gasteiger partial charge is 0.447 e. The summed E-state index contributed by atoms with van der Waals surface area (Å²) in [6, 6.07) is 4.15. The molecule has 1 atom stereocenters. The van der Waals surface area contributed by atoms with Gasteiger partial charge in [-0.25, -0.2) is 14.8 Å². The Morgan fingerprint density at radius 3 is 2.67 bits per heavy atom. The van der Waals surface area contributed by atoms with Gasteiger partial charge in [0, 0.05) is 32.0 Å². The molecule has 0 saturated carbocycles. The lowest BCUT2D eigenvalue weighted by molar-refractivity contribution is 0.161. The number of hydrogen-bond acceptors (Lipinski definition) is 8. The number of aromatic nitrogens is 5. The molecular formula is C19H22ClN7O2S. The fourth-order valence-corrected chi connectivity index (χ4v) is 4.63. The van der Waals surface area contributed by atoms with E-state index in [1.807, 2.05) is 31.5 Å². The van der Waals surface area contributed by atoms with Crippen LogP contribution in [0.4, 0.5) is 10.6 Å². The molecule has 3 aromatic heterocycles. The van der Waals surface area contributed by atoms with Gasteiger partial charge >= 0.3 is 6.09 Å². The summed E-state index contributed by atoms with van der Waals surface area (Å²) >= 11 is 1.34. The first kappa shape index (κ1) is 20.7. The van der Waals surface area contributed by atoms with Gasteiger partial charge < -0.3 is 9.30 Å². The molecule has 0 unspecified atom stereocenters. The van der Waals surface area contributed by atoms with Crippen molar-refractivity contribution >= 4 is 35.9 Å². The molecule has 11 heteroatoms. The number of pyridine rings is 1. The molecule has 2 aliphatic rings. The summed E-state index contributed by atoms with van der Waals surface area (Å²) in [6.07, 6.45) is 3.29. The molecule has 30 heavy (non-hydrogen) atoms. The molecule has 9 nitrogen and oxygen atoms in total. The molecule has 158 valence electrons. The van der Waals surface area contributed by atoms with Crippen LogP contribution in [-0.2, 0) is 17.8 Å². The van der Waals surface area contributed by atoms with Crippen molar-refractivity contribution < 1.29 is 9.53 Å². The van der Waals surface area contributed by atoms with Crippen LogP contribution in [0.5, 0.6) is 0 Å². The number of anilines is 1. The minimum Gasteiger partial charge on any atom is -0.447 e. The Bertz CT molecular complexity index is 1050. The maximum atomic E-state index is 12.3. The average Bonchev–Trinajstić information content (AvgIpc) is 3.43. The highest BCUT2D eigenvalue weighted by Crippen LogP contribution is 2.39. The molecule has 0 aliphatic carbocycles. The van der Waals surface area contributed by atoms with Crippen molar-refractivity contribution in [3.63, 3.8) is 0 Å². The number of fused-ring (bicyclic) bond motifs is 1. The third kappa shape index (κ3) is 3.55. The Morgan fingerprint density at radius 2 is 2.00 bits per heavy atom. The number of carbonyl (C=O) groups is 1. The fraction of sp³-hybridized carbons (Fsp3) is 0.421. The summed E-state index contributed by atoms with van der Waals surface area (Å²) < 4.78 is 11.7. The lowest BCUT2D eigenvalue weighted by atomic mass is 10.1. The van der Waals surface area contributed by atoms with Crippen LogP contribution in [0.3, 0.4) is 0 Å². The number of rotatable bonds is 4.